The maximum atomic E-state index is 12.5. The zero-order valence-corrected chi connectivity index (χ0v) is 13.7. The van der Waals surface area contributed by atoms with E-state index in [9.17, 15) is 4.79 Å². The Morgan fingerprint density at radius 2 is 2.14 bits per heavy atom. The van der Waals surface area contributed by atoms with Gasteiger partial charge in [-0.25, -0.2) is 0 Å². The van der Waals surface area contributed by atoms with Crippen LogP contribution in [0.25, 0.3) is 0 Å². The van der Waals surface area contributed by atoms with Crippen molar-refractivity contribution in [2.75, 3.05) is 39.8 Å². The zero-order valence-electron chi connectivity index (χ0n) is 13.7. The Hall–Kier alpha value is -0.870. The van der Waals surface area contributed by atoms with Gasteiger partial charge in [-0.1, -0.05) is 13.0 Å². The molecule has 0 unspecified atom stereocenters. The quantitative estimate of drug-likeness (QED) is 0.782. The van der Waals surface area contributed by atoms with E-state index < -0.39 is 0 Å². The third kappa shape index (κ3) is 5.11. The van der Waals surface area contributed by atoms with Crippen molar-refractivity contribution in [3.05, 3.63) is 11.8 Å². The van der Waals surface area contributed by atoms with Gasteiger partial charge in [0.2, 0.25) is 5.91 Å². The molecule has 0 saturated carbocycles. The summed E-state index contributed by atoms with van der Waals surface area (Å²) in [5, 5.41) is 3.41. The molecule has 0 aromatic carbocycles. The van der Waals surface area contributed by atoms with Gasteiger partial charge >= 0.3 is 0 Å². The van der Waals surface area contributed by atoms with E-state index in [1.54, 1.807) is 0 Å². The second kappa shape index (κ2) is 8.54. The van der Waals surface area contributed by atoms with Crippen molar-refractivity contribution in [2.45, 2.75) is 45.4 Å². The Labute approximate surface area is 129 Å². The lowest BCUT2D eigenvalue weighted by Gasteiger charge is -2.31. The molecule has 0 spiro atoms. The summed E-state index contributed by atoms with van der Waals surface area (Å²) >= 11 is 0. The average Bonchev–Trinajstić information content (AvgIpc) is 3.02. The summed E-state index contributed by atoms with van der Waals surface area (Å²) in [6.45, 7) is 7.14. The molecule has 4 heteroatoms. The normalized spacial score (nSPS) is 19.9. The van der Waals surface area contributed by atoms with Gasteiger partial charge in [0.25, 0.3) is 0 Å². The van der Waals surface area contributed by atoms with Gasteiger partial charge in [-0.2, -0.15) is 0 Å². The maximum Gasteiger partial charge on any atom is 0.240 e. The summed E-state index contributed by atoms with van der Waals surface area (Å²) in [6.07, 6.45) is 9.20. The topological polar surface area (TPSA) is 35.6 Å². The number of nitrogens with one attached hydrogen (secondary N) is 1. The standard InChI is InChI=1S/C17H31N3O/c1-3-12-20(13-15-8-10-18-11-9-15)14-17(21)19(2)16-6-4-5-7-16/h6,15,18H,3-5,7-14H2,1-2H3. The van der Waals surface area contributed by atoms with E-state index in [4.69, 9.17) is 0 Å². The van der Waals surface area contributed by atoms with E-state index in [-0.39, 0.29) is 5.91 Å². The molecule has 1 aliphatic heterocycles. The summed E-state index contributed by atoms with van der Waals surface area (Å²) < 4.78 is 0. The van der Waals surface area contributed by atoms with Crippen LogP contribution in [-0.4, -0.2) is 55.5 Å². The number of piperidine rings is 1. The van der Waals surface area contributed by atoms with Crippen LogP contribution in [-0.2, 0) is 4.79 Å². The van der Waals surface area contributed by atoms with Crippen molar-refractivity contribution < 1.29 is 4.79 Å². The molecule has 1 saturated heterocycles. The predicted octanol–water partition coefficient (Wildman–Crippen LogP) is 2.22. The number of likely N-dealkylation sites (N-methyl/N-ethyl adjacent to an activating group) is 1. The fraction of sp³-hybridized carbons (Fsp3) is 0.824. The highest BCUT2D eigenvalue weighted by molar-refractivity contribution is 5.79. The third-order valence-electron chi connectivity index (χ3n) is 4.70. The number of hydrogen-bond acceptors (Lipinski definition) is 3. The molecule has 1 fully saturated rings. The van der Waals surface area contributed by atoms with Gasteiger partial charge in [-0.15, -0.1) is 0 Å². The second-order valence-corrected chi connectivity index (χ2v) is 6.47. The largest absolute Gasteiger partial charge is 0.318 e. The first-order chi connectivity index (χ1) is 10.2. The number of carbonyl (C=O) groups excluding carboxylic acids is 1. The van der Waals surface area contributed by atoms with Crippen molar-refractivity contribution in [3.63, 3.8) is 0 Å². The number of amides is 1. The zero-order chi connectivity index (χ0) is 15.1. The van der Waals surface area contributed by atoms with Crippen molar-refractivity contribution in [1.82, 2.24) is 15.1 Å². The molecule has 1 N–H and O–H groups in total. The van der Waals surface area contributed by atoms with Gasteiger partial charge in [-0.05, 0) is 64.1 Å². The minimum absolute atomic E-state index is 0.255. The third-order valence-corrected chi connectivity index (χ3v) is 4.70. The fourth-order valence-corrected chi connectivity index (χ4v) is 3.40. The summed E-state index contributed by atoms with van der Waals surface area (Å²) in [5.74, 6) is 1.01. The van der Waals surface area contributed by atoms with Crippen LogP contribution in [0.2, 0.25) is 0 Å². The van der Waals surface area contributed by atoms with E-state index in [1.165, 1.54) is 25.0 Å². The van der Waals surface area contributed by atoms with Crippen LogP contribution in [0.5, 0.6) is 0 Å². The molecule has 0 radical (unpaired) electrons. The van der Waals surface area contributed by atoms with Gasteiger partial charge < -0.3 is 10.2 Å². The lowest BCUT2D eigenvalue weighted by molar-refractivity contribution is -0.129. The van der Waals surface area contributed by atoms with Crippen LogP contribution >= 0.6 is 0 Å². The van der Waals surface area contributed by atoms with Crippen molar-refractivity contribution in [2.24, 2.45) is 5.92 Å². The monoisotopic (exact) mass is 293 g/mol. The number of carbonyl (C=O) groups is 1. The molecule has 1 amide bonds. The highest BCUT2D eigenvalue weighted by Crippen LogP contribution is 2.20. The molecule has 0 bridgehead atoms. The number of hydrogen-bond donors (Lipinski definition) is 1. The van der Waals surface area contributed by atoms with Crippen molar-refractivity contribution in [1.29, 1.82) is 0 Å². The fourth-order valence-electron chi connectivity index (χ4n) is 3.40. The smallest absolute Gasteiger partial charge is 0.240 e. The van der Waals surface area contributed by atoms with E-state index in [0.717, 1.165) is 51.4 Å². The van der Waals surface area contributed by atoms with Crippen LogP contribution < -0.4 is 5.32 Å². The van der Waals surface area contributed by atoms with Gasteiger partial charge in [0.1, 0.15) is 0 Å². The predicted molar refractivity (Wildman–Crippen MR) is 87.0 cm³/mol. The molecule has 1 aliphatic carbocycles. The Morgan fingerprint density at radius 1 is 1.38 bits per heavy atom. The first-order valence-electron chi connectivity index (χ1n) is 8.59. The van der Waals surface area contributed by atoms with Gasteiger partial charge in [0.15, 0.2) is 0 Å². The molecule has 21 heavy (non-hydrogen) atoms. The van der Waals surface area contributed by atoms with E-state index in [0.29, 0.717) is 6.54 Å². The van der Waals surface area contributed by atoms with Crippen LogP contribution in [0.1, 0.15) is 45.4 Å². The molecule has 4 nitrogen and oxygen atoms in total. The Kier molecular flexibility index (Phi) is 6.71. The first kappa shape index (κ1) is 16.5. The van der Waals surface area contributed by atoms with E-state index in [1.807, 2.05) is 11.9 Å². The van der Waals surface area contributed by atoms with Gasteiger partial charge in [-0.3, -0.25) is 9.69 Å². The van der Waals surface area contributed by atoms with E-state index >= 15 is 0 Å². The number of nitrogens with zero attached hydrogens (tertiary/aromatic N) is 2. The molecule has 2 rings (SSSR count). The molecule has 2 aliphatic rings. The Balaban J connectivity index is 1.84. The molecular weight excluding hydrogens is 262 g/mol. The molecular formula is C17H31N3O. The summed E-state index contributed by atoms with van der Waals surface area (Å²) in [4.78, 5) is 16.7. The summed E-state index contributed by atoms with van der Waals surface area (Å²) in [6, 6.07) is 0. The summed E-state index contributed by atoms with van der Waals surface area (Å²) in [5.41, 5.74) is 1.22. The Morgan fingerprint density at radius 3 is 2.76 bits per heavy atom. The number of allylic oxidation sites excluding steroid dienone is 2. The van der Waals surface area contributed by atoms with Crippen molar-refractivity contribution >= 4 is 5.91 Å². The van der Waals surface area contributed by atoms with Crippen LogP contribution in [0.4, 0.5) is 0 Å². The Bertz CT molecular complexity index is 361. The minimum atomic E-state index is 0.255. The lowest BCUT2D eigenvalue weighted by atomic mass is 9.97. The molecule has 1 heterocycles. The molecule has 120 valence electrons. The minimum Gasteiger partial charge on any atom is -0.318 e. The van der Waals surface area contributed by atoms with E-state index in [2.05, 4.69) is 23.2 Å². The highest BCUT2D eigenvalue weighted by Gasteiger charge is 2.21. The van der Waals surface area contributed by atoms with Gasteiger partial charge in [0.05, 0.1) is 6.54 Å². The second-order valence-electron chi connectivity index (χ2n) is 6.47. The van der Waals surface area contributed by atoms with Crippen LogP contribution in [0, 0.1) is 5.92 Å². The maximum absolute atomic E-state index is 12.5. The van der Waals surface area contributed by atoms with Gasteiger partial charge in [0, 0.05) is 19.3 Å². The van der Waals surface area contributed by atoms with Crippen LogP contribution in [0.3, 0.4) is 0 Å². The highest BCUT2D eigenvalue weighted by atomic mass is 16.2. The SMILES string of the molecule is CCCN(CC(=O)N(C)C1=CCCC1)CC1CCNCC1. The molecule has 0 aromatic rings. The average molecular weight is 293 g/mol. The lowest BCUT2D eigenvalue weighted by Crippen LogP contribution is -2.42. The molecule has 0 atom stereocenters. The first-order valence-corrected chi connectivity index (χ1v) is 8.59. The molecule has 0 aromatic heterocycles. The van der Waals surface area contributed by atoms with Crippen molar-refractivity contribution in [3.8, 4) is 0 Å². The number of rotatable bonds is 7. The summed E-state index contributed by atoms with van der Waals surface area (Å²) in [7, 11) is 1.94. The van der Waals surface area contributed by atoms with Crippen LogP contribution in [0.15, 0.2) is 11.8 Å².